The highest BCUT2D eigenvalue weighted by Gasteiger charge is 2.19. The second kappa shape index (κ2) is 10.3. The fraction of sp³-hybridized carbons (Fsp3) is 0.333. The van der Waals surface area contributed by atoms with Crippen LogP contribution in [0.15, 0.2) is 65.2 Å². The molecule has 188 valence electrons. The zero-order valence-corrected chi connectivity index (χ0v) is 21.0. The summed E-state index contributed by atoms with van der Waals surface area (Å²) in [5.74, 6) is 1.39. The van der Waals surface area contributed by atoms with Crippen LogP contribution >= 0.6 is 0 Å². The first-order chi connectivity index (χ1) is 18.2. The van der Waals surface area contributed by atoms with Crippen molar-refractivity contribution < 1.29 is 13.9 Å². The van der Waals surface area contributed by atoms with Gasteiger partial charge in [0.15, 0.2) is 5.58 Å². The number of piperazine rings is 1. The van der Waals surface area contributed by atoms with Crippen LogP contribution in [0.5, 0.6) is 5.75 Å². The number of benzene rings is 2. The maximum Gasteiger partial charge on any atom is 0.161 e. The average Bonchev–Trinajstić information content (AvgIpc) is 3.39. The van der Waals surface area contributed by atoms with Crippen molar-refractivity contribution in [3.8, 4) is 34.3 Å². The standard InChI is InChI=1S/C30H30N4O3/c1-33-12-14-34(15-13-33)24-5-2-21(3-6-24)29-19-27-30(37-29)26(8-11-32-27)22-4-7-28(23(18-22)20-31)36-25-9-16-35-17-10-25/h2-8,11,18-19,25H,9-10,12-17H2,1H3. The van der Waals surface area contributed by atoms with Crippen molar-refractivity contribution in [3.63, 3.8) is 0 Å². The van der Waals surface area contributed by atoms with E-state index in [4.69, 9.17) is 13.9 Å². The zero-order chi connectivity index (χ0) is 25.2. The number of ether oxygens (including phenoxy) is 2. The van der Waals surface area contributed by atoms with Gasteiger partial charge in [-0.3, -0.25) is 4.98 Å². The van der Waals surface area contributed by atoms with Gasteiger partial charge >= 0.3 is 0 Å². The highest BCUT2D eigenvalue weighted by Crippen LogP contribution is 2.36. The molecule has 4 heterocycles. The van der Waals surface area contributed by atoms with Crippen LogP contribution in [0.2, 0.25) is 0 Å². The van der Waals surface area contributed by atoms with Gasteiger partial charge in [0.05, 0.1) is 18.8 Å². The summed E-state index contributed by atoms with van der Waals surface area (Å²) in [5, 5.41) is 9.82. The maximum atomic E-state index is 9.82. The Labute approximate surface area is 216 Å². The first kappa shape index (κ1) is 23.5. The van der Waals surface area contributed by atoms with Gasteiger partial charge in [-0.05, 0) is 55.1 Å². The molecule has 0 N–H and O–H groups in total. The fourth-order valence-electron chi connectivity index (χ4n) is 5.07. The molecule has 0 atom stereocenters. The molecule has 0 radical (unpaired) electrons. The molecule has 2 fully saturated rings. The summed E-state index contributed by atoms with van der Waals surface area (Å²) in [6, 6.07) is 20.5. The molecule has 2 saturated heterocycles. The molecule has 0 unspecified atom stereocenters. The van der Waals surface area contributed by atoms with Crippen molar-refractivity contribution in [1.29, 1.82) is 5.26 Å². The Morgan fingerprint density at radius 3 is 2.46 bits per heavy atom. The number of nitriles is 1. The minimum atomic E-state index is 0.0783. The van der Waals surface area contributed by atoms with Crippen molar-refractivity contribution in [1.82, 2.24) is 9.88 Å². The second-order valence-electron chi connectivity index (χ2n) is 9.77. The third-order valence-electron chi connectivity index (χ3n) is 7.31. The number of anilines is 1. The van der Waals surface area contributed by atoms with E-state index in [1.807, 2.05) is 30.3 Å². The molecule has 2 aliphatic rings. The van der Waals surface area contributed by atoms with Crippen molar-refractivity contribution in [2.75, 3.05) is 51.3 Å². The first-order valence-electron chi connectivity index (χ1n) is 12.9. The van der Waals surface area contributed by atoms with Gasteiger partial charge in [0.25, 0.3) is 0 Å². The van der Waals surface area contributed by atoms with E-state index in [2.05, 4.69) is 52.2 Å². The third kappa shape index (κ3) is 4.91. The Balaban J connectivity index is 1.27. The van der Waals surface area contributed by atoms with Crippen LogP contribution in [0.1, 0.15) is 18.4 Å². The monoisotopic (exact) mass is 494 g/mol. The molecule has 7 nitrogen and oxygen atoms in total. The molecule has 0 amide bonds. The lowest BCUT2D eigenvalue weighted by Crippen LogP contribution is -2.44. The lowest BCUT2D eigenvalue weighted by Gasteiger charge is -2.34. The topological polar surface area (TPSA) is 74.8 Å². The Bertz CT molecular complexity index is 1430. The lowest BCUT2D eigenvalue weighted by atomic mass is 10.0. The van der Waals surface area contributed by atoms with Gasteiger partial charge in [0, 0.05) is 68.1 Å². The van der Waals surface area contributed by atoms with Crippen molar-refractivity contribution in [2.45, 2.75) is 18.9 Å². The zero-order valence-electron chi connectivity index (χ0n) is 21.0. The summed E-state index contributed by atoms with van der Waals surface area (Å²) in [5.41, 5.74) is 6.06. The van der Waals surface area contributed by atoms with Gasteiger partial charge in [0.1, 0.15) is 29.2 Å². The van der Waals surface area contributed by atoms with Crippen LogP contribution in [0.25, 0.3) is 33.6 Å². The van der Waals surface area contributed by atoms with Crippen LogP contribution in [-0.2, 0) is 4.74 Å². The summed E-state index contributed by atoms with van der Waals surface area (Å²) in [4.78, 5) is 9.32. The molecule has 4 aromatic rings. The highest BCUT2D eigenvalue weighted by atomic mass is 16.5. The van der Waals surface area contributed by atoms with Crippen LogP contribution in [0.4, 0.5) is 5.69 Å². The Kier molecular flexibility index (Phi) is 6.52. The summed E-state index contributed by atoms with van der Waals surface area (Å²) >= 11 is 0. The SMILES string of the molecule is CN1CCN(c2ccc(-c3cc4nccc(-c5ccc(OC6CCOCC6)c(C#N)c5)c4o3)cc2)CC1. The van der Waals surface area contributed by atoms with Crippen molar-refractivity contribution in [3.05, 3.63) is 66.4 Å². The van der Waals surface area contributed by atoms with Gasteiger partial charge in [0.2, 0.25) is 0 Å². The van der Waals surface area contributed by atoms with Gasteiger partial charge in [-0.15, -0.1) is 0 Å². The van der Waals surface area contributed by atoms with Crippen LogP contribution in [0, 0.1) is 11.3 Å². The fourth-order valence-corrected chi connectivity index (χ4v) is 5.07. The van der Waals surface area contributed by atoms with E-state index in [1.54, 1.807) is 6.20 Å². The summed E-state index contributed by atoms with van der Waals surface area (Å²) in [6.45, 7) is 5.62. The van der Waals surface area contributed by atoms with Crippen LogP contribution in [0.3, 0.4) is 0 Å². The number of fused-ring (bicyclic) bond motifs is 1. The normalized spacial score (nSPS) is 17.1. The number of hydrogen-bond donors (Lipinski definition) is 0. The molecule has 0 saturated carbocycles. The molecule has 2 aromatic carbocycles. The summed E-state index contributed by atoms with van der Waals surface area (Å²) in [6.07, 6.45) is 3.53. The number of pyridine rings is 1. The first-order valence-corrected chi connectivity index (χ1v) is 12.9. The minimum absolute atomic E-state index is 0.0783. The van der Waals surface area contributed by atoms with Gasteiger partial charge in [-0.25, -0.2) is 0 Å². The lowest BCUT2D eigenvalue weighted by molar-refractivity contribution is 0.0254. The smallest absolute Gasteiger partial charge is 0.161 e. The molecule has 0 spiro atoms. The van der Waals surface area contributed by atoms with Crippen LogP contribution in [-0.4, -0.2) is 62.4 Å². The molecule has 0 bridgehead atoms. The van der Waals surface area contributed by atoms with E-state index in [0.717, 1.165) is 67.0 Å². The highest BCUT2D eigenvalue weighted by molar-refractivity contribution is 5.92. The van der Waals surface area contributed by atoms with E-state index in [1.165, 1.54) is 5.69 Å². The van der Waals surface area contributed by atoms with Gasteiger partial charge in [-0.1, -0.05) is 6.07 Å². The molecular weight excluding hydrogens is 464 g/mol. The number of likely N-dealkylation sites (N-methyl/N-ethyl adjacent to an activating group) is 1. The number of aromatic nitrogens is 1. The predicted molar refractivity (Wildman–Crippen MR) is 144 cm³/mol. The summed E-state index contributed by atoms with van der Waals surface area (Å²) < 4.78 is 17.9. The molecule has 2 aromatic heterocycles. The maximum absolute atomic E-state index is 9.82. The van der Waals surface area contributed by atoms with Gasteiger partial charge < -0.3 is 23.7 Å². The quantitative estimate of drug-likeness (QED) is 0.371. The van der Waals surface area contributed by atoms with Crippen LogP contribution < -0.4 is 9.64 Å². The van der Waals surface area contributed by atoms with E-state index < -0.39 is 0 Å². The van der Waals surface area contributed by atoms with E-state index >= 15 is 0 Å². The Morgan fingerprint density at radius 2 is 1.70 bits per heavy atom. The molecule has 0 aliphatic carbocycles. The van der Waals surface area contributed by atoms with Crippen molar-refractivity contribution >= 4 is 16.8 Å². The molecule has 37 heavy (non-hydrogen) atoms. The number of hydrogen-bond acceptors (Lipinski definition) is 7. The van der Waals surface area contributed by atoms with E-state index in [0.29, 0.717) is 30.1 Å². The average molecular weight is 495 g/mol. The minimum Gasteiger partial charge on any atom is -0.489 e. The summed E-state index contributed by atoms with van der Waals surface area (Å²) in [7, 11) is 2.17. The number of rotatable bonds is 5. The Morgan fingerprint density at radius 1 is 0.946 bits per heavy atom. The van der Waals surface area contributed by atoms with Crippen molar-refractivity contribution in [2.24, 2.45) is 0 Å². The number of furan rings is 1. The molecule has 7 heteroatoms. The predicted octanol–water partition coefficient (Wildman–Crippen LogP) is 5.34. The molecule has 6 rings (SSSR count). The third-order valence-corrected chi connectivity index (χ3v) is 7.31. The molecular formula is C30H30N4O3. The van der Waals surface area contributed by atoms with E-state index in [-0.39, 0.29) is 6.10 Å². The Hall–Kier alpha value is -3.86. The van der Waals surface area contributed by atoms with Gasteiger partial charge in [-0.2, -0.15) is 5.26 Å². The second-order valence-corrected chi connectivity index (χ2v) is 9.77. The number of nitrogens with zero attached hydrogens (tertiary/aromatic N) is 4. The van der Waals surface area contributed by atoms with E-state index in [9.17, 15) is 5.26 Å². The largest absolute Gasteiger partial charge is 0.489 e. The molecule has 2 aliphatic heterocycles.